The fourth-order valence-corrected chi connectivity index (χ4v) is 7.83. The Morgan fingerprint density at radius 1 is 0.458 bits per heavy atom. The Balaban J connectivity index is 1.15. The standard InChI is InChI=1S/C45H30N2O/c1-45(2)36-16-5-3-13-32(36)35-25-31-24-28(21-22-29(31)26-37(35)45)27-11-9-12-30(23-27)43-44(47-39-18-7-6-17-38(39)46-43)34-15-10-20-41-42(34)33-14-4-8-19-40(33)48-41/h3-26H,1-2H3. The first-order valence-corrected chi connectivity index (χ1v) is 16.5. The Hall–Kier alpha value is -6.06. The molecule has 3 heteroatoms. The molecular weight excluding hydrogens is 585 g/mol. The molecular formula is C45H30N2O. The summed E-state index contributed by atoms with van der Waals surface area (Å²) in [5, 5.41) is 4.64. The topological polar surface area (TPSA) is 38.9 Å². The molecule has 7 aromatic carbocycles. The van der Waals surface area contributed by atoms with Gasteiger partial charge in [0.15, 0.2) is 0 Å². The van der Waals surface area contributed by atoms with E-state index in [0.717, 1.165) is 61.1 Å². The third-order valence-corrected chi connectivity index (χ3v) is 10.2. The van der Waals surface area contributed by atoms with Gasteiger partial charge in [0.2, 0.25) is 0 Å². The van der Waals surface area contributed by atoms with Crippen LogP contribution in [0.25, 0.3) is 88.5 Å². The lowest BCUT2D eigenvalue weighted by Gasteiger charge is -2.21. The van der Waals surface area contributed by atoms with Gasteiger partial charge in [0.1, 0.15) is 11.2 Å². The van der Waals surface area contributed by atoms with E-state index < -0.39 is 0 Å². The average molecular weight is 615 g/mol. The van der Waals surface area contributed by atoms with Crippen molar-refractivity contribution in [1.82, 2.24) is 9.97 Å². The van der Waals surface area contributed by atoms with Crippen molar-refractivity contribution >= 4 is 43.7 Å². The first-order chi connectivity index (χ1) is 23.5. The van der Waals surface area contributed by atoms with Gasteiger partial charge in [0.05, 0.1) is 22.4 Å². The van der Waals surface area contributed by atoms with Crippen molar-refractivity contribution in [3.8, 4) is 44.8 Å². The molecule has 0 bridgehead atoms. The van der Waals surface area contributed by atoms with Crippen LogP contribution in [-0.2, 0) is 5.41 Å². The van der Waals surface area contributed by atoms with Crippen molar-refractivity contribution in [1.29, 1.82) is 0 Å². The maximum Gasteiger partial charge on any atom is 0.136 e. The van der Waals surface area contributed by atoms with Crippen molar-refractivity contribution in [2.45, 2.75) is 19.3 Å². The highest BCUT2D eigenvalue weighted by Crippen LogP contribution is 2.50. The number of hydrogen-bond acceptors (Lipinski definition) is 3. The lowest BCUT2D eigenvalue weighted by molar-refractivity contribution is 0.661. The van der Waals surface area contributed by atoms with Gasteiger partial charge in [-0.25, -0.2) is 9.97 Å². The Morgan fingerprint density at radius 2 is 1.15 bits per heavy atom. The van der Waals surface area contributed by atoms with E-state index in [1.54, 1.807) is 0 Å². The zero-order valence-corrected chi connectivity index (χ0v) is 26.7. The van der Waals surface area contributed by atoms with Crippen LogP contribution in [0.1, 0.15) is 25.0 Å². The summed E-state index contributed by atoms with van der Waals surface area (Å²) >= 11 is 0. The molecule has 2 heterocycles. The van der Waals surface area contributed by atoms with E-state index in [0.29, 0.717) is 0 Å². The molecule has 0 saturated carbocycles. The largest absolute Gasteiger partial charge is 0.456 e. The summed E-state index contributed by atoms with van der Waals surface area (Å²) in [5.74, 6) is 0. The summed E-state index contributed by atoms with van der Waals surface area (Å²) < 4.78 is 6.27. The number of para-hydroxylation sites is 3. The van der Waals surface area contributed by atoms with E-state index in [1.165, 1.54) is 38.6 Å². The van der Waals surface area contributed by atoms with Gasteiger partial charge >= 0.3 is 0 Å². The Labute approximate surface area is 278 Å². The van der Waals surface area contributed by atoms with Gasteiger partial charge in [-0.05, 0) is 92.7 Å². The molecule has 0 atom stereocenters. The first kappa shape index (κ1) is 27.1. The second kappa shape index (κ2) is 9.97. The van der Waals surface area contributed by atoms with Crippen molar-refractivity contribution in [3.63, 3.8) is 0 Å². The van der Waals surface area contributed by atoms with Gasteiger partial charge in [-0.2, -0.15) is 0 Å². The number of hydrogen-bond donors (Lipinski definition) is 0. The number of furan rings is 1. The van der Waals surface area contributed by atoms with Gasteiger partial charge in [-0.3, -0.25) is 0 Å². The molecule has 0 aliphatic heterocycles. The predicted molar refractivity (Wildman–Crippen MR) is 198 cm³/mol. The molecule has 3 nitrogen and oxygen atoms in total. The molecule has 1 aliphatic carbocycles. The molecule has 0 N–H and O–H groups in total. The van der Waals surface area contributed by atoms with E-state index >= 15 is 0 Å². The van der Waals surface area contributed by atoms with Gasteiger partial charge in [0, 0.05) is 27.3 Å². The van der Waals surface area contributed by atoms with E-state index in [2.05, 4.69) is 111 Å². The number of fused-ring (bicyclic) bond motifs is 8. The number of aromatic nitrogens is 2. The van der Waals surface area contributed by atoms with E-state index in [4.69, 9.17) is 14.4 Å². The third-order valence-electron chi connectivity index (χ3n) is 10.2. The predicted octanol–water partition coefficient (Wildman–Crippen LogP) is 12.0. The molecule has 0 amide bonds. The third kappa shape index (κ3) is 3.94. The lowest BCUT2D eigenvalue weighted by atomic mass is 9.82. The molecule has 0 saturated heterocycles. The molecule has 226 valence electrons. The maximum absolute atomic E-state index is 6.27. The average Bonchev–Trinajstić information content (AvgIpc) is 3.62. The number of benzene rings is 7. The molecule has 0 spiro atoms. The van der Waals surface area contributed by atoms with Crippen LogP contribution in [0.3, 0.4) is 0 Å². The van der Waals surface area contributed by atoms with Gasteiger partial charge in [-0.15, -0.1) is 0 Å². The minimum Gasteiger partial charge on any atom is -0.456 e. The summed E-state index contributed by atoms with van der Waals surface area (Å²) in [7, 11) is 0. The van der Waals surface area contributed by atoms with E-state index in [-0.39, 0.29) is 5.41 Å². The summed E-state index contributed by atoms with van der Waals surface area (Å²) in [6, 6.07) is 51.7. The minimum atomic E-state index is -0.0151. The van der Waals surface area contributed by atoms with Crippen LogP contribution >= 0.6 is 0 Å². The van der Waals surface area contributed by atoms with Crippen LogP contribution in [0.15, 0.2) is 150 Å². The normalized spacial score (nSPS) is 13.4. The second-order valence-electron chi connectivity index (χ2n) is 13.4. The lowest BCUT2D eigenvalue weighted by Crippen LogP contribution is -2.14. The van der Waals surface area contributed by atoms with Gasteiger partial charge in [-0.1, -0.05) is 111 Å². The summed E-state index contributed by atoms with van der Waals surface area (Å²) in [6.07, 6.45) is 0. The molecule has 9 aromatic rings. The first-order valence-electron chi connectivity index (χ1n) is 16.5. The van der Waals surface area contributed by atoms with Crippen LogP contribution in [-0.4, -0.2) is 9.97 Å². The van der Waals surface area contributed by atoms with Crippen LogP contribution in [0.4, 0.5) is 0 Å². The summed E-state index contributed by atoms with van der Waals surface area (Å²) in [4.78, 5) is 10.5. The molecule has 0 fully saturated rings. The highest BCUT2D eigenvalue weighted by atomic mass is 16.3. The fraction of sp³-hybridized carbons (Fsp3) is 0.0667. The maximum atomic E-state index is 6.27. The quantitative estimate of drug-likeness (QED) is 0.199. The monoisotopic (exact) mass is 614 g/mol. The van der Waals surface area contributed by atoms with Crippen LogP contribution in [0.5, 0.6) is 0 Å². The smallest absolute Gasteiger partial charge is 0.136 e. The molecule has 48 heavy (non-hydrogen) atoms. The molecule has 0 radical (unpaired) electrons. The van der Waals surface area contributed by atoms with Crippen LogP contribution in [0.2, 0.25) is 0 Å². The SMILES string of the molecule is CC1(C)c2ccccc2-c2cc3cc(-c4cccc(-c5nc6ccccc6nc5-c5cccc6oc7ccccc7c56)c4)ccc3cc21. The zero-order chi connectivity index (χ0) is 32.0. The summed E-state index contributed by atoms with van der Waals surface area (Å²) in [5.41, 5.74) is 15.0. The van der Waals surface area contributed by atoms with Gasteiger partial charge in [0.25, 0.3) is 0 Å². The number of rotatable bonds is 3. The van der Waals surface area contributed by atoms with Crippen LogP contribution < -0.4 is 0 Å². The highest BCUT2D eigenvalue weighted by molar-refractivity contribution is 6.13. The fourth-order valence-electron chi connectivity index (χ4n) is 7.83. The van der Waals surface area contributed by atoms with Crippen molar-refractivity contribution < 1.29 is 4.42 Å². The Kier molecular flexibility index (Phi) is 5.63. The van der Waals surface area contributed by atoms with Gasteiger partial charge < -0.3 is 4.42 Å². The zero-order valence-electron chi connectivity index (χ0n) is 26.7. The molecule has 2 aromatic heterocycles. The second-order valence-corrected chi connectivity index (χ2v) is 13.4. The Morgan fingerprint density at radius 3 is 2.04 bits per heavy atom. The van der Waals surface area contributed by atoms with E-state index in [1.807, 2.05) is 48.5 Å². The Bertz CT molecular complexity index is 2770. The minimum absolute atomic E-state index is 0.0151. The molecule has 10 rings (SSSR count). The molecule has 0 unspecified atom stereocenters. The highest BCUT2D eigenvalue weighted by Gasteiger charge is 2.35. The van der Waals surface area contributed by atoms with Crippen LogP contribution in [0, 0.1) is 0 Å². The van der Waals surface area contributed by atoms with Crippen molar-refractivity contribution in [2.75, 3.05) is 0 Å². The number of nitrogens with zero attached hydrogens (tertiary/aromatic N) is 2. The van der Waals surface area contributed by atoms with E-state index in [9.17, 15) is 0 Å². The molecule has 1 aliphatic rings. The van der Waals surface area contributed by atoms with Crippen molar-refractivity contribution in [3.05, 3.63) is 157 Å². The van der Waals surface area contributed by atoms with Crippen molar-refractivity contribution in [2.24, 2.45) is 0 Å². The summed E-state index contributed by atoms with van der Waals surface area (Å²) in [6.45, 7) is 4.67.